The van der Waals surface area contributed by atoms with Crippen molar-refractivity contribution in [3.63, 3.8) is 0 Å². The van der Waals surface area contributed by atoms with Crippen LogP contribution in [0, 0.1) is 12.8 Å². The quantitative estimate of drug-likeness (QED) is 0.564. The molecule has 3 aromatic rings. The monoisotopic (exact) mass is 454 g/mol. The van der Waals surface area contributed by atoms with E-state index in [9.17, 15) is 4.79 Å². The number of halogens is 1. The Morgan fingerprint density at radius 1 is 1.31 bits per heavy atom. The van der Waals surface area contributed by atoms with Crippen LogP contribution < -0.4 is 10.6 Å². The lowest BCUT2D eigenvalue weighted by molar-refractivity contribution is 0.0621. The van der Waals surface area contributed by atoms with Gasteiger partial charge < -0.3 is 15.4 Å². The molecule has 4 rings (SSSR count). The summed E-state index contributed by atoms with van der Waals surface area (Å²) in [5.41, 5.74) is 2.12. The summed E-state index contributed by atoms with van der Waals surface area (Å²) in [5, 5.41) is 6.92. The number of hydrogen-bond acceptors (Lipinski definition) is 6. The third kappa shape index (κ3) is 5.44. The number of carbonyl (C=O) groups is 1. The Bertz CT molecular complexity index is 1080. The Kier molecular flexibility index (Phi) is 7.02. The molecule has 0 spiro atoms. The van der Waals surface area contributed by atoms with E-state index in [2.05, 4.69) is 32.5 Å². The van der Waals surface area contributed by atoms with Crippen molar-refractivity contribution in [3.8, 4) is 5.82 Å². The summed E-state index contributed by atoms with van der Waals surface area (Å²) in [5.74, 6) is 1.51. The first-order valence-corrected chi connectivity index (χ1v) is 11.1. The van der Waals surface area contributed by atoms with Gasteiger partial charge in [-0.05, 0) is 50.3 Å². The maximum atomic E-state index is 12.5. The van der Waals surface area contributed by atoms with Gasteiger partial charge in [-0.15, -0.1) is 0 Å². The van der Waals surface area contributed by atoms with Crippen LogP contribution in [0.25, 0.3) is 5.82 Å². The second kappa shape index (κ2) is 10.1. The number of carbonyl (C=O) groups excluding carboxylic acids is 1. The van der Waals surface area contributed by atoms with E-state index < -0.39 is 0 Å². The molecule has 1 aliphatic heterocycles. The van der Waals surface area contributed by atoms with Gasteiger partial charge in [0.1, 0.15) is 17.8 Å². The van der Waals surface area contributed by atoms with E-state index >= 15 is 0 Å². The van der Waals surface area contributed by atoms with E-state index in [1.54, 1.807) is 29.4 Å². The molecule has 1 unspecified atom stereocenters. The normalized spacial score (nSPS) is 15.3. The number of benzene rings is 1. The van der Waals surface area contributed by atoms with Crippen LogP contribution in [0.4, 0.5) is 5.95 Å². The average Bonchev–Trinajstić information content (AvgIpc) is 3.29. The zero-order valence-corrected chi connectivity index (χ0v) is 19.0. The number of nitrogens with one attached hydrogen (secondary N) is 2. The fourth-order valence-electron chi connectivity index (χ4n) is 3.78. The zero-order chi connectivity index (χ0) is 22.5. The number of hydrogen-bond donors (Lipinski definition) is 2. The summed E-state index contributed by atoms with van der Waals surface area (Å²) >= 11 is 6.00. The summed E-state index contributed by atoms with van der Waals surface area (Å²) < 4.78 is 7.20. The average molecular weight is 455 g/mol. The van der Waals surface area contributed by atoms with Crippen LogP contribution in [0.2, 0.25) is 5.02 Å². The van der Waals surface area contributed by atoms with Gasteiger partial charge in [0.15, 0.2) is 0 Å². The first kappa shape index (κ1) is 22.2. The molecule has 32 heavy (non-hydrogen) atoms. The highest BCUT2D eigenvalue weighted by atomic mass is 35.5. The van der Waals surface area contributed by atoms with E-state index in [1.807, 2.05) is 25.1 Å². The van der Waals surface area contributed by atoms with Crippen molar-refractivity contribution in [2.75, 3.05) is 18.5 Å². The Balaban J connectivity index is 1.43. The minimum atomic E-state index is -0.262. The lowest BCUT2D eigenvalue weighted by Crippen LogP contribution is -2.31. The van der Waals surface area contributed by atoms with Gasteiger partial charge in [0.2, 0.25) is 5.95 Å². The standard InChI is InChI=1S/C23H27ClN6O2/c1-15-11-26-23(28-16(2)18-6-8-32-9-7-18)29-21(15)30-13-20(27-14-30)22(31)25-12-17-4-3-5-19(24)10-17/h3-5,10-11,13-14,16,18H,6-9,12H2,1-2H3,(H,25,31)(H,26,28,29). The molecule has 8 nitrogen and oxygen atoms in total. The highest BCUT2D eigenvalue weighted by Gasteiger charge is 2.21. The molecule has 0 saturated carbocycles. The highest BCUT2D eigenvalue weighted by molar-refractivity contribution is 6.30. The summed E-state index contributed by atoms with van der Waals surface area (Å²) in [6.07, 6.45) is 7.11. The van der Waals surface area contributed by atoms with E-state index in [0.717, 1.165) is 37.2 Å². The van der Waals surface area contributed by atoms with Crippen molar-refractivity contribution in [2.24, 2.45) is 5.92 Å². The fraction of sp³-hybridized carbons (Fsp3) is 0.391. The SMILES string of the molecule is Cc1cnc(NC(C)C2CCOCC2)nc1-n1cnc(C(=O)NCc2cccc(Cl)c2)c1. The molecule has 2 aromatic heterocycles. The van der Waals surface area contributed by atoms with E-state index in [1.165, 1.54) is 0 Å². The van der Waals surface area contributed by atoms with Crippen LogP contribution >= 0.6 is 11.6 Å². The molecular formula is C23H27ClN6O2. The highest BCUT2D eigenvalue weighted by Crippen LogP contribution is 2.21. The van der Waals surface area contributed by atoms with Gasteiger partial charge in [-0.2, -0.15) is 4.98 Å². The van der Waals surface area contributed by atoms with Crippen LogP contribution in [-0.2, 0) is 11.3 Å². The van der Waals surface area contributed by atoms with Gasteiger partial charge in [0, 0.05) is 48.8 Å². The molecule has 3 heterocycles. The Morgan fingerprint density at radius 3 is 2.91 bits per heavy atom. The molecule has 1 amide bonds. The smallest absolute Gasteiger partial charge is 0.271 e. The predicted octanol–water partition coefficient (Wildman–Crippen LogP) is 3.78. The van der Waals surface area contributed by atoms with E-state index in [0.29, 0.717) is 34.9 Å². The molecule has 2 N–H and O–H groups in total. The molecule has 0 radical (unpaired) electrons. The summed E-state index contributed by atoms with van der Waals surface area (Å²) in [6.45, 7) is 6.05. The largest absolute Gasteiger partial charge is 0.381 e. The number of ether oxygens (including phenoxy) is 1. The minimum absolute atomic E-state index is 0.241. The fourth-order valence-corrected chi connectivity index (χ4v) is 3.99. The maximum Gasteiger partial charge on any atom is 0.271 e. The van der Waals surface area contributed by atoms with Crippen molar-refractivity contribution in [1.82, 2.24) is 24.8 Å². The molecule has 0 aliphatic carbocycles. The molecule has 1 aromatic carbocycles. The number of aromatic nitrogens is 4. The van der Waals surface area contributed by atoms with Gasteiger partial charge in [-0.1, -0.05) is 23.7 Å². The van der Waals surface area contributed by atoms with Crippen LogP contribution in [0.5, 0.6) is 0 Å². The molecule has 168 valence electrons. The number of imidazole rings is 1. The molecule has 9 heteroatoms. The Morgan fingerprint density at radius 2 is 2.12 bits per heavy atom. The molecule has 1 saturated heterocycles. The van der Waals surface area contributed by atoms with Gasteiger partial charge in [0.25, 0.3) is 5.91 Å². The second-order valence-corrected chi connectivity index (χ2v) is 8.50. The molecular weight excluding hydrogens is 428 g/mol. The van der Waals surface area contributed by atoms with Gasteiger partial charge in [-0.3, -0.25) is 9.36 Å². The first-order chi connectivity index (χ1) is 15.5. The van der Waals surface area contributed by atoms with Crippen molar-refractivity contribution < 1.29 is 9.53 Å². The van der Waals surface area contributed by atoms with Crippen LogP contribution in [0.1, 0.15) is 41.4 Å². The zero-order valence-electron chi connectivity index (χ0n) is 18.2. The summed E-state index contributed by atoms with van der Waals surface area (Å²) in [6, 6.07) is 7.62. The molecule has 1 fully saturated rings. The van der Waals surface area contributed by atoms with E-state index in [4.69, 9.17) is 16.3 Å². The Hall–Kier alpha value is -2.97. The van der Waals surface area contributed by atoms with Crippen molar-refractivity contribution in [1.29, 1.82) is 0 Å². The number of anilines is 1. The number of rotatable bonds is 7. The number of aryl methyl sites for hydroxylation is 1. The van der Waals surface area contributed by atoms with Crippen molar-refractivity contribution >= 4 is 23.5 Å². The van der Waals surface area contributed by atoms with Gasteiger partial charge in [-0.25, -0.2) is 9.97 Å². The molecule has 1 aliphatic rings. The van der Waals surface area contributed by atoms with Crippen molar-refractivity contribution in [2.45, 2.75) is 39.3 Å². The predicted molar refractivity (Wildman–Crippen MR) is 123 cm³/mol. The Labute approximate surface area is 192 Å². The lowest BCUT2D eigenvalue weighted by Gasteiger charge is -2.28. The van der Waals surface area contributed by atoms with Crippen LogP contribution in [-0.4, -0.2) is 44.7 Å². The topological polar surface area (TPSA) is 94.0 Å². The van der Waals surface area contributed by atoms with Crippen molar-refractivity contribution in [3.05, 3.63) is 64.8 Å². The van der Waals surface area contributed by atoms with Crippen LogP contribution in [0.3, 0.4) is 0 Å². The van der Waals surface area contributed by atoms with Crippen LogP contribution in [0.15, 0.2) is 43.0 Å². The molecule has 1 atom stereocenters. The third-order valence-electron chi connectivity index (χ3n) is 5.68. The van der Waals surface area contributed by atoms with Gasteiger partial charge in [0.05, 0.1) is 0 Å². The maximum absolute atomic E-state index is 12.5. The molecule has 0 bridgehead atoms. The minimum Gasteiger partial charge on any atom is -0.381 e. The number of amides is 1. The second-order valence-electron chi connectivity index (χ2n) is 8.06. The first-order valence-electron chi connectivity index (χ1n) is 10.7. The van der Waals surface area contributed by atoms with E-state index in [-0.39, 0.29) is 11.9 Å². The summed E-state index contributed by atoms with van der Waals surface area (Å²) in [4.78, 5) is 25.9. The lowest BCUT2D eigenvalue weighted by atomic mass is 9.93. The number of nitrogens with zero attached hydrogens (tertiary/aromatic N) is 4. The summed E-state index contributed by atoms with van der Waals surface area (Å²) in [7, 11) is 0. The third-order valence-corrected chi connectivity index (χ3v) is 5.91. The van der Waals surface area contributed by atoms with Gasteiger partial charge >= 0.3 is 0 Å².